The monoisotopic (exact) mass is 274 g/mol. The van der Waals surface area contributed by atoms with E-state index in [1.807, 2.05) is 6.92 Å². The van der Waals surface area contributed by atoms with Crippen molar-refractivity contribution in [2.75, 3.05) is 0 Å². The van der Waals surface area contributed by atoms with E-state index in [9.17, 15) is 18.0 Å². The molecule has 0 radical (unpaired) electrons. The molecular formula is C14H17F3O2. The van der Waals surface area contributed by atoms with Crippen molar-refractivity contribution in [2.24, 2.45) is 5.41 Å². The van der Waals surface area contributed by atoms with Gasteiger partial charge in [0.2, 0.25) is 0 Å². The van der Waals surface area contributed by atoms with E-state index in [4.69, 9.17) is 4.74 Å². The average molecular weight is 274 g/mol. The van der Waals surface area contributed by atoms with Crippen LogP contribution in [0.15, 0.2) is 24.3 Å². The molecule has 1 aromatic carbocycles. The SMILES string of the molecule is CCC(C)(C)C(=O)OCc1ccccc1C(F)(F)F. The summed E-state index contributed by atoms with van der Waals surface area (Å²) in [6, 6.07) is 5.09. The van der Waals surface area contributed by atoms with Crippen molar-refractivity contribution in [1.29, 1.82) is 0 Å². The first-order valence-electron chi connectivity index (χ1n) is 6.01. The Labute approximate surface area is 110 Å². The van der Waals surface area contributed by atoms with Gasteiger partial charge in [0.15, 0.2) is 0 Å². The molecule has 0 aliphatic rings. The van der Waals surface area contributed by atoms with Gasteiger partial charge in [0.05, 0.1) is 11.0 Å². The van der Waals surface area contributed by atoms with Crippen molar-refractivity contribution < 1.29 is 22.7 Å². The first kappa shape index (κ1) is 15.5. The summed E-state index contributed by atoms with van der Waals surface area (Å²) in [5, 5.41) is 0. The van der Waals surface area contributed by atoms with Crippen LogP contribution in [-0.4, -0.2) is 5.97 Å². The predicted octanol–water partition coefficient (Wildman–Crippen LogP) is 4.18. The fourth-order valence-electron chi connectivity index (χ4n) is 1.41. The Hall–Kier alpha value is -1.52. The smallest absolute Gasteiger partial charge is 0.416 e. The van der Waals surface area contributed by atoms with Crippen molar-refractivity contribution in [3.63, 3.8) is 0 Å². The van der Waals surface area contributed by atoms with E-state index in [0.29, 0.717) is 6.42 Å². The highest BCUT2D eigenvalue weighted by molar-refractivity contribution is 5.75. The molecule has 0 saturated heterocycles. The number of hydrogen-bond acceptors (Lipinski definition) is 2. The van der Waals surface area contributed by atoms with Gasteiger partial charge >= 0.3 is 12.1 Å². The van der Waals surface area contributed by atoms with Gasteiger partial charge < -0.3 is 4.74 Å². The minimum atomic E-state index is -4.44. The third-order valence-electron chi connectivity index (χ3n) is 3.12. The molecule has 0 fully saturated rings. The van der Waals surface area contributed by atoms with Crippen LogP contribution in [0.5, 0.6) is 0 Å². The summed E-state index contributed by atoms with van der Waals surface area (Å²) in [6.45, 7) is 4.86. The molecule has 0 bridgehead atoms. The predicted molar refractivity (Wildman–Crippen MR) is 65.3 cm³/mol. The minimum Gasteiger partial charge on any atom is -0.460 e. The van der Waals surface area contributed by atoms with Crippen LogP contribution < -0.4 is 0 Å². The highest BCUT2D eigenvalue weighted by Gasteiger charge is 2.34. The van der Waals surface area contributed by atoms with Crippen LogP contribution in [0.2, 0.25) is 0 Å². The molecule has 19 heavy (non-hydrogen) atoms. The Balaban J connectivity index is 2.82. The Bertz CT molecular complexity index is 450. The van der Waals surface area contributed by atoms with Crippen LogP contribution >= 0.6 is 0 Å². The summed E-state index contributed by atoms with van der Waals surface area (Å²) in [6.07, 6.45) is -3.88. The summed E-state index contributed by atoms with van der Waals surface area (Å²) < 4.78 is 43.2. The molecule has 2 nitrogen and oxygen atoms in total. The maximum absolute atomic E-state index is 12.7. The lowest BCUT2D eigenvalue weighted by atomic mass is 9.91. The molecule has 0 N–H and O–H groups in total. The topological polar surface area (TPSA) is 26.3 Å². The lowest BCUT2D eigenvalue weighted by Gasteiger charge is -2.21. The molecule has 0 saturated carbocycles. The van der Waals surface area contributed by atoms with Gasteiger partial charge in [-0.2, -0.15) is 13.2 Å². The van der Waals surface area contributed by atoms with Gasteiger partial charge in [0.25, 0.3) is 0 Å². The second-order valence-corrected chi connectivity index (χ2v) is 4.97. The molecule has 0 amide bonds. The number of rotatable bonds is 4. The number of esters is 1. The lowest BCUT2D eigenvalue weighted by Crippen LogP contribution is -2.26. The number of hydrogen-bond donors (Lipinski definition) is 0. The number of ether oxygens (including phenoxy) is 1. The number of carbonyl (C=O) groups excluding carboxylic acids is 1. The zero-order chi connectivity index (χ0) is 14.7. The van der Waals surface area contributed by atoms with Gasteiger partial charge in [0.1, 0.15) is 6.61 Å². The van der Waals surface area contributed by atoms with Gasteiger partial charge in [-0.15, -0.1) is 0 Å². The zero-order valence-electron chi connectivity index (χ0n) is 11.2. The summed E-state index contributed by atoms with van der Waals surface area (Å²) in [5.74, 6) is -0.494. The maximum atomic E-state index is 12.7. The molecule has 5 heteroatoms. The van der Waals surface area contributed by atoms with Crippen molar-refractivity contribution in [2.45, 2.75) is 40.0 Å². The van der Waals surface area contributed by atoms with Crippen LogP contribution in [0.1, 0.15) is 38.3 Å². The summed E-state index contributed by atoms with van der Waals surface area (Å²) in [4.78, 5) is 11.7. The molecule has 0 atom stereocenters. The Morgan fingerprint density at radius 2 is 1.79 bits per heavy atom. The van der Waals surface area contributed by atoms with Crippen molar-refractivity contribution in [1.82, 2.24) is 0 Å². The lowest BCUT2D eigenvalue weighted by molar-refractivity contribution is -0.156. The average Bonchev–Trinajstić information content (AvgIpc) is 2.35. The standard InChI is InChI=1S/C14H17F3O2/c1-4-13(2,3)12(18)19-9-10-7-5-6-8-11(10)14(15,16)17/h5-8H,4,9H2,1-3H3. The molecule has 0 heterocycles. The van der Waals surface area contributed by atoms with Crippen LogP contribution in [0.25, 0.3) is 0 Å². The van der Waals surface area contributed by atoms with Gasteiger partial charge in [-0.05, 0) is 26.3 Å². The molecule has 0 aromatic heterocycles. The van der Waals surface area contributed by atoms with E-state index < -0.39 is 23.1 Å². The highest BCUT2D eigenvalue weighted by Crippen LogP contribution is 2.32. The molecule has 1 aromatic rings. The fraction of sp³-hybridized carbons (Fsp3) is 0.500. The van der Waals surface area contributed by atoms with Gasteiger partial charge in [0, 0.05) is 5.56 Å². The summed E-state index contributed by atoms with van der Waals surface area (Å²) >= 11 is 0. The van der Waals surface area contributed by atoms with E-state index in [2.05, 4.69) is 0 Å². The number of alkyl halides is 3. The van der Waals surface area contributed by atoms with E-state index in [-0.39, 0.29) is 12.2 Å². The summed E-state index contributed by atoms with van der Waals surface area (Å²) in [7, 11) is 0. The van der Waals surface area contributed by atoms with Crippen molar-refractivity contribution in [3.05, 3.63) is 35.4 Å². The van der Waals surface area contributed by atoms with Gasteiger partial charge in [-0.3, -0.25) is 4.79 Å². The van der Waals surface area contributed by atoms with Crippen LogP contribution in [0.4, 0.5) is 13.2 Å². The molecule has 0 aliphatic carbocycles. The van der Waals surface area contributed by atoms with Crippen LogP contribution in [0, 0.1) is 5.41 Å². The first-order chi connectivity index (χ1) is 8.68. The Morgan fingerprint density at radius 1 is 1.21 bits per heavy atom. The number of halogens is 3. The molecule has 106 valence electrons. The molecule has 1 rings (SSSR count). The first-order valence-corrected chi connectivity index (χ1v) is 6.01. The van der Waals surface area contributed by atoms with E-state index >= 15 is 0 Å². The Kier molecular flexibility index (Phi) is 4.61. The van der Waals surface area contributed by atoms with Crippen LogP contribution in [-0.2, 0) is 22.3 Å². The molecular weight excluding hydrogens is 257 g/mol. The summed E-state index contributed by atoms with van der Waals surface area (Å²) in [5.41, 5.74) is -1.49. The fourth-order valence-corrected chi connectivity index (χ4v) is 1.41. The largest absolute Gasteiger partial charge is 0.460 e. The molecule has 0 spiro atoms. The third-order valence-corrected chi connectivity index (χ3v) is 3.12. The number of benzene rings is 1. The Morgan fingerprint density at radius 3 is 2.32 bits per heavy atom. The second kappa shape index (κ2) is 5.63. The second-order valence-electron chi connectivity index (χ2n) is 4.97. The van der Waals surface area contributed by atoms with Crippen LogP contribution in [0.3, 0.4) is 0 Å². The van der Waals surface area contributed by atoms with Gasteiger partial charge in [-0.25, -0.2) is 0 Å². The zero-order valence-corrected chi connectivity index (χ0v) is 11.2. The normalized spacial score (nSPS) is 12.3. The van der Waals surface area contributed by atoms with E-state index in [1.54, 1.807) is 13.8 Å². The number of carbonyl (C=O) groups is 1. The minimum absolute atomic E-state index is 0.0322. The molecule has 0 aliphatic heterocycles. The van der Waals surface area contributed by atoms with Crippen molar-refractivity contribution >= 4 is 5.97 Å². The van der Waals surface area contributed by atoms with E-state index in [0.717, 1.165) is 6.07 Å². The maximum Gasteiger partial charge on any atom is 0.416 e. The quantitative estimate of drug-likeness (QED) is 0.770. The highest BCUT2D eigenvalue weighted by atomic mass is 19.4. The third kappa shape index (κ3) is 3.98. The molecule has 0 unspecified atom stereocenters. The van der Waals surface area contributed by atoms with E-state index in [1.165, 1.54) is 18.2 Å². The van der Waals surface area contributed by atoms with Crippen molar-refractivity contribution in [3.8, 4) is 0 Å². The van der Waals surface area contributed by atoms with Gasteiger partial charge in [-0.1, -0.05) is 25.1 Å².